The molecule has 1 saturated heterocycles. The van der Waals surface area contributed by atoms with E-state index >= 15 is 0 Å². The number of nitrogens with one attached hydrogen (secondary N) is 1. The number of amides is 2. The van der Waals surface area contributed by atoms with Gasteiger partial charge >= 0.3 is 0 Å². The second-order valence-corrected chi connectivity index (χ2v) is 13.3. The summed E-state index contributed by atoms with van der Waals surface area (Å²) >= 11 is 3.38. The fourth-order valence-corrected chi connectivity index (χ4v) is 7.06. The third-order valence-electron chi connectivity index (χ3n) is 8.82. The number of hydrogen-bond donors (Lipinski definition) is 2. The Morgan fingerprint density at radius 1 is 1.11 bits per heavy atom. The first-order chi connectivity index (χ1) is 21.4. The van der Waals surface area contributed by atoms with Crippen LogP contribution in [0, 0.1) is 19.3 Å². The number of carbonyl (C=O) groups is 3. The number of benzene rings is 1. The highest BCUT2D eigenvalue weighted by Crippen LogP contribution is 2.60. The molecule has 0 radical (unpaired) electrons. The lowest BCUT2D eigenvalue weighted by molar-refractivity contribution is -0.138. The summed E-state index contributed by atoms with van der Waals surface area (Å²) < 4.78 is 2.17. The Bertz CT molecular complexity index is 1840. The summed E-state index contributed by atoms with van der Waals surface area (Å²) in [6.07, 6.45) is 4.83. The van der Waals surface area contributed by atoms with Crippen LogP contribution >= 0.6 is 15.9 Å². The summed E-state index contributed by atoms with van der Waals surface area (Å²) in [5, 5.41) is 8.20. The number of halogens is 1. The van der Waals surface area contributed by atoms with Gasteiger partial charge in [-0.2, -0.15) is 5.10 Å². The highest BCUT2D eigenvalue weighted by Gasteiger charge is 2.67. The minimum Gasteiger partial charge on any atom is -0.326 e. The molecule has 2 aliphatic rings. The number of Topliss-reactive ketones (excluding diaryl/α,β-unsaturated/α-hetero) is 1. The van der Waals surface area contributed by atoms with Crippen LogP contribution in [0.2, 0.25) is 0 Å². The highest BCUT2D eigenvalue weighted by atomic mass is 79.9. The van der Waals surface area contributed by atoms with E-state index in [0.717, 1.165) is 35.2 Å². The number of nitrogens with two attached hydrogens (primary N) is 1. The average Bonchev–Trinajstić information content (AvgIpc) is 3.38. The number of rotatable bonds is 9. The molecule has 0 bridgehead atoms. The molecule has 234 valence electrons. The van der Waals surface area contributed by atoms with Crippen LogP contribution in [0.25, 0.3) is 22.0 Å². The number of carbonyl (C=O) groups excluding carboxylic acids is 3. The number of anilines is 1. The SMILES string of the molecule is CC(=O)c1nn(CC(=O)N2[C@H](C(=O)Nc3nc(Br)ccc3C)C[C@@]3(CN(C)C)C[C@@H]23)c2c(CN)cc(-c3cnc(C)nc3)cc12. The molecule has 1 aliphatic heterocycles. The molecule has 2 fully saturated rings. The molecule has 2 amide bonds. The van der Waals surface area contributed by atoms with E-state index in [-0.39, 0.29) is 47.8 Å². The van der Waals surface area contributed by atoms with Crippen LogP contribution in [-0.4, -0.2) is 84.9 Å². The van der Waals surface area contributed by atoms with Crippen molar-refractivity contribution in [2.75, 3.05) is 26.0 Å². The number of aromatic nitrogens is 5. The predicted molar refractivity (Wildman–Crippen MR) is 173 cm³/mol. The van der Waals surface area contributed by atoms with E-state index in [9.17, 15) is 14.4 Å². The average molecular weight is 675 g/mol. The zero-order chi connectivity index (χ0) is 32.2. The molecule has 0 spiro atoms. The predicted octanol–water partition coefficient (Wildman–Crippen LogP) is 3.49. The molecule has 0 unspecified atom stereocenters. The molecule has 4 heterocycles. The van der Waals surface area contributed by atoms with E-state index in [1.165, 1.54) is 6.92 Å². The molecule has 1 saturated carbocycles. The fourth-order valence-electron chi connectivity index (χ4n) is 6.75. The molecular formula is C32H36BrN9O3. The van der Waals surface area contributed by atoms with Crippen molar-refractivity contribution >= 4 is 50.2 Å². The van der Waals surface area contributed by atoms with Gasteiger partial charge in [-0.3, -0.25) is 19.1 Å². The lowest BCUT2D eigenvalue weighted by Crippen LogP contribution is -2.47. The van der Waals surface area contributed by atoms with Gasteiger partial charge in [-0.15, -0.1) is 0 Å². The van der Waals surface area contributed by atoms with Crippen molar-refractivity contribution < 1.29 is 14.4 Å². The van der Waals surface area contributed by atoms with Crippen LogP contribution in [0.15, 0.2) is 41.3 Å². The van der Waals surface area contributed by atoms with E-state index in [4.69, 9.17) is 5.73 Å². The Balaban J connectivity index is 1.36. The van der Waals surface area contributed by atoms with Crippen LogP contribution in [0.1, 0.15) is 47.2 Å². The van der Waals surface area contributed by atoms with Gasteiger partial charge < -0.3 is 20.9 Å². The molecule has 3 aromatic heterocycles. The van der Waals surface area contributed by atoms with Crippen molar-refractivity contribution in [2.45, 2.75) is 58.8 Å². The van der Waals surface area contributed by atoms with Gasteiger partial charge in [0.05, 0.1) is 5.52 Å². The summed E-state index contributed by atoms with van der Waals surface area (Å²) in [4.78, 5) is 57.7. The van der Waals surface area contributed by atoms with Crippen LogP contribution in [0.5, 0.6) is 0 Å². The van der Waals surface area contributed by atoms with Crippen LogP contribution in [0.4, 0.5) is 5.82 Å². The van der Waals surface area contributed by atoms with Gasteiger partial charge in [0.15, 0.2) is 5.78 Å². The van der Waals surface area contributed by atoms with Gasteiger partial charge in [0.25, 0.3) is 0 Å². The summed E-state index contributed by atoms with van der Waals surface area (Å²) in [7, 11) is 4.01. The Morgan fingerprint density at radius 2 is 1.84 bits per heavy atom. The maximum absolute atomic E-state index is 14.2. The van der Waals surface area contributed by atoms with Crippen molar-refractivity contribution in [1.29, 1.82) is 0 Å². The normalized spacial score (nSPS) is 20.5. The molecule has 13 heteroatoms. The van der Waals surface area contributed by atoms with Gasteiger partial charge in [-0.1, -0.05) is 6.07 Å². The number of nitrogens with zero attached hydrogens (tertiary/aromatic N) is 7. The van der Waals surface area contributed by atoms with Gasteiger partial charge in [0.1, 0.15) is 34.5 Å². The summed E-state index contributed by atoms with van der Waals surface area (Å²) in [6.45, 7) is 5.93. The summed E-state index contributed by atoms with van der Waals surface area (Å²) in [5.41, 5.74) is 10.1. The molecular weight excluding hydrogens is 638 g/mol. The van der Waals surface area contributed by atoms with Crippen LogP contribution in [0.3, 0.4) is 0 Å². The maximum atomic E-state index is 14.2. The third-order valence-corrected chi connectivity index (χ3v) is 9.26. The Morgan fingerprint density at radius 3 is 2.51 bits per heavy atom. The molecule has 4 aromatic rings. The van der Waals surface area contributed by atoms with E-state index in [0.29, 0.717) is 33.6 Å². The quantitative estimate of drug-likeness (QED) is 0.201. The molecule has 12 nitrogen and oxygen atoms in total. The first-order valence-electron chi connectivity index (χ1n) is 14.8. The van der Waals surface area contributed by atoms with Crippen LogP contribution < -0.4 is 11.1 Å². The molecule has 45 heavy (non-hydrogen) atoms. The number of pyridine rings is 1. The first kappa shape index (κ1) is 30.9. The van der Waals surface area contributed by atoms with Crippen molar-refractivity contribution in [3.63, 3.8) is 0 Å². The number of fused-ring (bicyclic) bond motifs is 2. The summed E-state index contributed by atoms with van der Waals surface area (Å²) in [6, 6.07) is 6.73. The highest BCUT2D eigenvalue weighted by molar-refractivity contribution is 9.10. The Labute approximate surface area is 269 Å². The van der Waals surface area contributed by atoms with Gasteiger partial charge in [-0.05, 0) is 91.6 Å². The van der Waals surface area contributed by atoms with Gasteiger partial charge in [0, 0.05) is 54.8 Å². The molecule has 1 aromatic carbocycles. The zero-order valence-corrected chi connectivity index (χ0v) is 27.6. The molecule has 3 N–H and O–H groups in total. The van der Waals surface area contributed by atoms with Crippen molar-refractivity contribution in [1.82, 2.24) is 34.5 Å². The Hall–Kier alpha value is -4.07. The number of piperidine rings is 1. The number of likely N-dealkylation sites (tertiary alicyclic amines) is 1. The first-order valence-corrected chi connectivity index (χ1v) is 15.6. The maximum Gasteiger partial charge on any atom is 0.248 e. The minimum atomic E-state index is -0.674. The number of hydrogen-bond acceptors (Lipinski definition) is 9. The lowest BCUT2D eigenvalue weighted by Gasteiger charge is -2.27. The van der Waals surface area contributed by atoms with Gasteiger partial charge in [-0.25, -0.2) is 15.0 Å². The minimum absolute atomic E-state index is 0.0732. The largest absolute Gasteiger partial charge is 0.326 e. The Kier molecular flexibility index (Phi) is 8.04. The topological polar surface area (TPSA) is 152 Å². The third kappa shape index (κ3) is 5.75. The van der Waals surface area contributed by atoms with Crippen molar-refractivity contribution in [2.24, 2.45) is 11.1 Å². The monoisotopic (exact) mass is 673 g/mol. The van der Waals surface area contributed by atoms with E-state index < -0.39 is 6.04 Å². The number of ketones is 1. The molecule has 1 aliphatic carbocycles. The standard InChI is InChI=1S/C32H36BrN9O3/c1-17-6-7-26(33)37-30(17)38-31(45)24-10-32(16-40(4)5)11-25(32)42(24)27(44)15-41-29-21(12-34)8-20(22-13-35-19(3)36-14-22)9-23(29)28(39-41)18(2)43/h6-9,13-14,24-25H,10-12,15-16,34H2,1-5H3,(H,37,38,45)/t24-,25+,32-/m0/s1. The summed E-state index contributed by atoms with van der Waals surface area (Å²) in [5.74, 6) is 0.363. The van der Waals surface area contributed by atoms with E-state index in [2.05, 4.69) is 46.2 Å². The van der Waals surface area contributed by atoms with E-state index in [1.54, 1.807) is 22.0 Å². The number of aryl methyl sites for hydroxylation is 2. The van der Waals surface area contributed by atoms with Crippen LogP contribution in [-0.2, 0) is 22.7 Å². The molecule has 3 atom stereocenters. The zero-order valence-electron chi connectivity index (χ0n) is 26.0. The second kappa shape index (κ2) is 11.7. The van der Waals surface area contributed by atoms with Crippen molar-refractivity contribution in [3.8, 4) is 11.1 Å². The smallest absolute Gasteiger partial charge is 0.248 e. The second-order valence-electron chi connectivity index (χ2n) is 12.4. The van der Waals surface area contributed by atoms with Crippen molar-refractivity contribution in [3.05, 3.63) is 63.9 Å². The van der Waals surface area contributed by atoms with Gasteiger partial charge in [0.2, 0.25) is 11.8 Å². The lowest BCUT2D eigenvalue weighted by atomic mass is 9.98. The van der Waals surface area contributed by atoms with E-state index in [1.807, 2.05) is 52.2 Å². The molecule has 6 rings (SSSR count). The fraction of sp³-hybridized carbons (Fsp3) is 0.406.